The van der Waals surface area contributed by atoms with Crippen molar-refractivity contribution < 1.29 is 0 Å². The van der Waals surface area contributed by atoms with Crippen molar-refractivity contribution in [2.24, 2.45) is 5.41 Å². The predicted octanol–water partition coefficient (Wildman–Crippen LogP) is 1.78. The van der Waals surface area contributed by atoms with E-state index in [-0.39, 0.29) is 0 Å². The smallest absolute Gasteiger partial charge is 0.00929 e. The number of hydrogen-bond donors (Lipinski definition) is 1. The second-order valence-corrected chi connectivity index (χ2v) is 3.98. The molecule has 1 aliphatic rings. The first-order valence-corrected chi connectivity index (χ1v) is 3.78. The highest BCUT2D eigenvalue weighted by Gasteiger charge is 2.34. The van der Waals surface area contributed by atoms with Crippen LogP contribution in [0.25, 0.3) is 0 Å². The Kier molecular flexibility index (Phi) is 1.55. The van der Waals surface area contributed by atoms with E-state index in [9.17, 15) is 0 Å². The lowest BCUT2D eigenvalue weighted by molar-refractivity contribution is 0.331. The minimum atomic E-state index is 0.513. The summed E-state index contributed by atoms with van der Waals surface area (Å²) in [6.07, 6.45) is 1.31. The van der Waals surface area contributed by atoms with E-state index < -0.39 is 0 Å². The molecule has 0 aliphatic carbocycles. The summed E-state index contributed by atoms with van der Waals surface area (Å²) >= 11 is 0. The molecule has 0 amide bonds. The molecular formula is C8H17N. The van der Waals surface area contributed by atoms with Crippen molar-refractivity contribution in [3.8, 4) is 0 Å². The Morgan fingerprint density at radius 2 is 1.89 bits per heavy atom. The maximum absolute atomic E-state index is 3.51. The minimum absolute atomic E-state index is 0.513. The van der Waals surface area contributed by atoms with Crippen LogP contribution in [-0.2, 0) is 0 Å². The van der Waals surface area contributed by atoms with Crippen LogP contribution in [0, 0.1) is 5.41 Å². The topological polar surface area (TPSA) is 12.0 Å². The standard InChI is InChI=1S/C8H17N/c1-6-5-8(3,4)7(2)9-6/h6-7,9H,5H2,1-4H3. The average Bonchev–Trinajstić information content (AvgIpc) is 1.79. The maximum Gasteiger partial charge on any atom is 0.00929 e. The van der Waals surface area contributed by atoms with Crippen molar-refractivity contribution in [2.45, 2.75) is 46.2 Å². The highest BCUT2D eigenvalue weighted by atomic mass is 15.0. The summed E-state index contributed by atoms with van der Waals surface area (Å²) in [4.78, 5) is 0. The molecule has 0 radical (unpaired) electrons. The van der Waals surface area contributed by atoms with Crippen LogP contribution >= 0.6 is 0 Å². The molecule has 1 fully saturated rings. The molecule has 2 atom stereocenters. The number of rotatable bonds is 0. The highest BCUT2D eigenvalue weighted by Crippen LogP contribution is 2.32. The Morgan fingerprint density at radius 1 is 1.33 bits per heavy atom. The van der Waals surface area contributed by atoms with Gasteiger partial charge in [0.05, 0.1) is 0 Å². The first kappa shape index (κ1) is 7.07. The van der Waals surface area contributed by atoms with Gasteiger partial charge < -0.3 is 5.32 Å². The van der Waals surface area contributed by atoms with Gasteiger partial charge in [0.1, 0.15) is 0 Å². The molecule has 1 saturated heterocycles. The third-order valence-electron chi connectivity index (χ3n) is 2.54. The van der Waals surface area contributed by atoms with Gasteiger partial charge in [0.2, 0.25) is 0 Å². The van der Waals surface area contributed by atoms with E-state index in [2.05, 4.69) is 33.0 Å². The summed E-state index contributed by atoms with van der Waals surface area (Å²) in [7, 11) is 0. The molecule has 1 nitrogen and oxygen atoms in total. The Hall–Kier alpha value is -0.0400. The third kappa shape index (κ3) is 1.26. The molecule has 1 heteroatoms. The first-order valence-electron chi connectivity index (χ1n) is 3.78. The molecule has 0 saturated carbocycles. The monoisotopic (exact) mass is 127 g/mol. The lowest BCUT2D eigenvalue weighted by Crippen LogP contribution is -2.30. The van der Waals surface area contributed by atoms with Crippen LogP contribution in [0.2, 0.25) is 0 Å². The van der Waals surface area contributed by atoms with E-state index in [4.69, 9.17) is 0 Å². The van der Waals surface area contributed by atoms with E-state index in [1.165, 1.54) is 6.42 Å². The Labute approximate surface area is 57.8 Å². The van der Waals surface area contributed by atoms with Crippen LogP contribution in [0.5, 0.6) is 0 Å². The summed E-state index contributed by atoms with van der Waals surface area (Å²) in [6, 6.07) is 1.41. The molecule has 9 heavy (non-hydrogen) atoms. The van der Waals surface area contributed by atoms with Crippen molar-refractivity contribution >= 4 is 0 Å². The molecule has 0 aromatic rings. The van der Waals surface area contributed by atoms with Crippen molar-refractivity contribution in [2.75, 3.05) is 0 Å². The fourth-order valence-electron chi connectivity index (χ4n) is 1.68. The Balaban J connectivity index is 2.58. The molecule has 0 bridgehead atoms. The fraction of sp³-hybridized carbons (Fsp3) is 1.00. The van der Waals surface area contributed by atoms with Crippen LogP contribution in [0.1, 0.15) is 34.1 Å². The number of hydrogen-bond acceptors (Lipinski definition) is 1. The second kappa shape index (κ2) is 1.98. The minimum Gasteiger partial charge on any atom is -0.311 e. The van der Waals surface area contributed by atoms with E-state index in [0.29, 0.717) is 11.5 Å². The summed E-state index contributed by atoms with van der Waals surface area (Å²) in [5.74, 6) is 0. The number of nitrogens with one attached hydrogen (secondary N) is 1. The van der Waals surface area contributed by atoms with Gasteiger partial charge >= 0.3 is 0 Å². The zero-order valence-electron chi connectivity index (χ0n) is 6.86. The fourth-order valence-corrected chi connectivity index (χ4v) is 1.68. The van der Waals surface area contributed by atoms with Gasteiger partial charge in [-0.3, -0.25) is 0 Å². The van der Waals surface area contributed by atoms with Crippen molar-refractivity contribution in [1.82, 2.24) is 5.32 Å². The quantitative estimate of drug-likeness (QED) is 0.523. The highest BCUT2D eigenvalue weighted by molar-refractivity contribution is 4.91. The summed E-state index contributed by atoms with van der Waals surface area (Å²) < 4.78 is 0. The van der Waals surface area contributed by atoms with Gasteiger partial charge in [0.15, 0.2) is 0 Å². The Morgan fingerprint density at radius 3 is 2.00 bits per heavy atom. The van der Waals surface area contributed by atoms with Crippen LogP contribution in [0.3, 0.4) is 0 Å². The van der Waals surface area contributed by atoms with E-state index in [1.54, 1.807) is 0 Å². The zero-order chi connectivity index (χ0) is 7.07. The van der Waals surface area contributed by atoms with Crippen molar-refractivity contribution in [3.63, 3.8) is 0 Å². The molecule has 2 unspecified atom stereocenters. The molecule has 1 N–H and O–H groups in total. The van der Waals surface area contributed by atoms with Crippen LogP contribution in [0.4, 0.5) is 0 Å². The molecule has 54 valence electrons. The molecule has 1 aliphatic heterocycles. The van der Waals surface area contributed by atoms with Crippen LogP contribution in [0.15, 0.2) is 0 Å². The summed E-state index contributed by atoms with van der Waals surface area (Å²) in [6.45, 7) is 9.18. The van der Waals surface area contributed by atoms with Crippen molar-refractivity contribution in [1.29, 1.82) is 0 Å². The van der Waals surface area contributed by atoms with Gasteiger partial charge in [0.25, 0.3) is 0 Å². The molecule has 0 aromatic heterocycles. The van der Waals surface area contributed by atoms with Gasteiger partial charge in [-0.25, -0.2) is 0 Å². The molecule has 1 rings (SSSR count). The van der Waals surface area contributed by atoms with E-state index in [0.717, 1.165) is 6.04 Å². The van der Waals surface area contributed by atoms with Gasteiger partial charge in [-0.1, -0.05) is 13.8 Å². The first-order chi connectivity index (χ1) is 4.02. The van der Waals surface area contributed by atoms with Gasteiger partial charge in [-0.15, -0.1) is 0 Å². The van der Waals surface area contributed by atoms with Gasteiger partial charge in [0, 0.05) is 12.1 Å². The predicted molar refractivity (Wildman–Crippen MR) is 40.5 cm³/mol. The Bertz CT molecular complexity index is 107. The van der Waals surface area contributed by atoms with Crippen LogP contribution < -0.4 is 5.32 Å². The lowest BCUT2D eigenvalue weighted by atomic mass is 9.85. The molecule has 0 aromatic carbocycles. The molecular weight excluding hydrogens is 110 g/mol. The lowest BCUT2D eigenvalue weighted by Gasteiger charge is -2.21. The van der Waals surface area contributed by atoms with Crippen LogP contribution in [-0.4, -0.2) is 12.1 Å². The molecule has 0 spiro atoms. The second-order valence-electron chi connectivity index (χ2n) is 3.98. The largest absolute Gasteiger partial charge is 0.311 e. The zero-order valence-corrected chi connectivity index (χ0v) is 6.86. The van der Waals surface area contributed by atoms with E-state index in [1.807, 2.05) is 0 Å². The van der Waals surface area contributed by atoms with Gasteiger partial charge in [-0.05, 0) is 25.7 Å². The summed E-state index contributed by atoms with van der Waals surface area (Å²) in [5.41, 5.74) is 0.513. The average molecular weight is 127 g/mol. The van der Waals surface area contributed by atoms with Gasteiger partial charge in [-0.2, -0.15) is 0 Å². The SMILES string of the molecule is CC1CC(C)(C)C(C)N1. The maximum atomic E-state index is 3.51. The third-order valence-corrected chi connectivity index (χ3v) is 2.54. The van der Waals surface area contributed by atoms with Crippen molar-refractivity contribution in [3.05, 3.63) is 0 Å². The summed E-state index contributed by atoms with van der Waals surface area (Å²) in [5, 5.41) is 3.51. The normalized spacial score (nSPS) is 41.3. The van der Waals surface area contributed by atoms with E-state index >= 15 is 0 Å². The molecule has 1 heterocycles.